The van der Waals surface area contributed by atoms with Gasteiger partial charge in [-0.15, -0.1) is 0 Å². The van der Waals surface area contributed by atoms with E-state index in [1.54, 1.807) is 0 Å². The highest BCUT2D eigenvalue weighted by molar-refractivity contribution is 7.80. The fraction of sp³-hybridized carbons (Fsp3) is 0.846. The zero-order valence-electron chi connectivity index (χ0n) is 11.1. The van der Waals surface area contributed by atoms with Gasteiger partial charge in [0.2, 0.25) is 5.91 Å². The number of amides is 1. The van der Waals surface area contributed by atoms with Crippen molar-refractivity contribution in [3.8, 4) is 0 Å². The van der Waals surface area contributed by atoms with Crippen LogP contribution in [-0.2, 0) is 4.79 Å². The standard InChI is InChI=1S/C13H24N2OS/c1-4-13(5-2,11(14)17)12(16)15-10-8-6-7-9(10)3/h9-10H,4-8H2,1-3H3,(H2,14,17)(H,15,16). The van der Waals surface area contributed by atoms with E-state index >= 15 is 0 Å². The van der Waals surface area contributed by atoms with Gasteiger partial charge < -0.3 is 11.1 Å². The first-order chi connectivity index (χ1) is 7.97. The fourth-order valence-corrected chi connectivity index (χ4v) is 3.08. The largest absolute Gasteiger partial charge is 0.392 e. The summed E-state index contributed by atoms with van der Waals surface area (Å²) in [6.07, 6.45) is 4.82. The highest BCUT2D eigenvalue weighted by Crippen LogP contribution is 2.30. The molecule has 0 aromatic heterocycles. The Kier molecular flexibility index (Phi) is 4.92. The quantitative estimate of drug-likeness (QED) is 0.743. The zero-order chi connectivity index (χ0) is 13.1. The van der Waals surface area contributed by atoms with Crippen molar-refractivity contribution in [2.24, 2.45) is 17.1 Å². The lowest BCUT2D eigenvalue weighted by Crippen LogP contribution is -2.51. The number of hydrogen-bond donors (Lipinski definition) is 2. The molecule has 0 aromatic rings. The Morgan fingerprint density at radius 1 is 1.41 bits per heavy atom. The van der Waals surface area contributed by atoms with Crippen molar-refractivity contribution in [2.45, 2.75) is 58.9 Å². The molecule has 0 radical (unpaired) electrons. The van der Waals surface area contributed by atoms with Crippen LogP contribution >= 0.6 is 12.2 Å². The molecule has 1 aliphatic rings. The molecule has 0 heterocycles. The molecule has 1 fully saturated rings. The van der Waals surface area contributed by atoms with E-state index < -0.39 is 5.41 Å². The molecular formula is C13H24N2OS. The van der Waals surface area contributed by atoms with Crippen molar-refractivity contribution in [1.82, 2.24) is 5.32 Å². The number of thiocarbonyl (C=S) groups is 1. The van der Waals surface area contributed by atoms with Crippen LogP contribution in [0.3, 0.4) is 0 Å². The molecule has 1 aliphatic carbocycles. The number of nitrogens with one attached hydrogen (secondary N) is 1. The lowest BCUT2D eigenvalue weighted by atomic mass is 9.81. The highest BCUT2D eigenvalue weighted by atomic mass is 32.1. The van der Waals surface area contributed by atoms with Gasteiger partial charge in [-0.3, -0.25) is 4.79 Å². The molecule has 3 N–H and O–H groups in total. The van der Waals surface area contributed by atoms with Crippen LogP contribution in [0.4, 0.5) is 0 Å². The minimum Gasteiger partial charge on any atom is -0.392 e. The minimum absolute atomic E-state index is 0.0220. The van der Waals surface area contributed by atoms with Gasteiger partial charge in [0.1, 0.15) is 0 Å². The van der Waals surface area contributed by atoms with Gasteiger partial charge in [-0.05, 0) is 31.6 Å². The van der Waals surface area contributed by atoms with E-state index in [0.29, 0.717) is 29.8 Å². The summed E-state index contributed by atoms with van der Waals surface area (Å²) in [4.78, 5) is 12.7. The van der Waals surface area contributed by atoms with Crippen molar-refractivity contribution in [3.63, 3.8) is 0 Å². The monoisotopic (exact) mass is 256 g/mol. The molecule has 1 amide bonds. The van der Waals surface area contributed by atoms with Gasteiger partial charge in [-0.2, -0.15) is 0 Å². The molecule has 17 heavy (non-hydrogen) atoms. The molecule has 0 spiro atoms. The number of carbonyl (C=O) groups is 1. The Balaban J connectivity index is 2.75. The molecule has 1 saturated carbocycles. The first kappa shape index (κ1) is 14.4. The molecule has 4 heteroatoms. The third kappa shape index (κ3) is 2.79. The average Bonchev–Trinajstić information content (AvgIpc) is 2.66. The predicted octanol–water partition coefficient (Wildman–Crippen LogP) is 2.38. The number of nitrogens with two attached hydrogens (primary N) is 1. The Morgan fingerprint density at radius 2 is 2.00 bits per heavy atom. The number of carbonyl (C=O) groups excluding carboxylic acids is 1. The lowest BCUT2D eigenvalue weighted by Gasteiger charge is -2.31. The first-order valence-corrected chi connectivity index (χ1v) is 6.99. The molecule has 2 unspecified atom stereocenters. The van der Waals surface area contributed by atoms with E-state index in [1.807, 2.05) is 13.8 Å². The van der Waals surface area contributed by atoms with Crippen LogP contribution in [0.15, 0.2) is 0 Å². The van der Waals surface area contributed by atoms with E-state index in [0.717, 1.165) is 6.42 Å². The zero-order valence-corrected chi connectivity index (χ0v) is 11.9. The summed E-state index contributed by atoms with van der Waals surface area (Å²) in [5, 5.41) is 3.15. The Bertz CT molecular complexity index is 300. The maximum absolute atomic E-state index is 12.4. The maximum atomic E-state index is 12.4. The van der Waals surface area contributed by atoms with Crippen molar-refractivity contribution in [2.75, 3.05) is 0 Å². The maximum Gasteiger partial charge on any atom is 0.233 e. The smallest absolute Gasteiger partial charge is 0.233 e. The summed E-state index contributed by atoms with van der Waals surface area (Å²) in [6.45, 7) is 6.14. The Hall–Kier alpha value is -0.640. The van der Waals surface area contributed by atoms with Crippen molar-refractivity contribution in [1.29, 1.82) is 0 Å². The van der Waals surface area contributed by atoms with Crippen LogP contribution in [0.25, 0.3) is 0 Å². The van der Waals surface area contributed by atoms with E-state index in [2.05, 4.69) is 12.2 Å². The van der Waals surface area contributed by atoms with Crippen molar-refractivity contribution >= 4 is 23.1 Å². The summed E-state index contributed by atoms with van der Waals surface area (Å²) in [5.74, 6) is 0.588. The first-order valence-electron chi connectivity index (χ1n) is 6.58. The predicted molar refractivity (Wildman–Crippen MR) is 74.7 cm³/mol. The van der Waals surface area contributed by atoms with Crippen LogP contribution in [0.1, 0.15) is 52.9 Å². The SMILES string of the molecule is CCC(CC)(C(=O)NC1CCCC1C)C(N)=S. The van der Waals surface area contributed by atoms with Crippen molar-refractivity contribution < 1.29 is 4.79 Å². The van der Waals surface area contributed by atoms with Crippen LogP contribution in [0.5, 0.6) is 0 Å². The number of hydrogen-bond acceptors (Lipinski definition) is 2. The van der Waals surface area contributed by atoms with Gasteiger partial charge in [0, 0.05) is 6.04 Å². The third-order valence-electron chi connectivity index (χ3n) is 4.29. The van der Waals surface area contributed by atoms with Gasteiger partial charge in [0.25, 0.3) is 0 Å². The molecule has 1 rings (SSSR count). The summed E-state index contributed by atoms with van der Waals surface area (Å²) >= 11 is 5.09. The number of rotatable bonds is 5. The second-order valence-electron chi connectivity index (χ2n) is 5.14. The Labute approximate surface area is 110 Å². The van der Waals surface area contributed by atoms with E-state index in [9.17, 15) is 4.79 Å². The van der Waals surface area contributed by atoms with Crippen LogP contribution in [0, 0.1) is 11.3 Å². The second kappa shape index (κ2) is 5.80. The fourth-order valence-electron chi connectivity index (χ4n) is 2.70. The molecule has 0 aliphatic heterocycles. The summed E-state index contributed by atoms with van der Waals surface area (Å²) < 4.78 is 0. The highest BCUT2D eigenvalue weighted by Gasteiger charge is 2.39. The summed E-state index contributed by atoms with van der Waals surface area (Å²) in [6, 6.07) is 0.300. The second-order valence-corrected chi connectivity index (χ2v) is 5.58. The van der Waals surface area contributed by atoms with E-state index in [-0.39, 0.29) is 5.91 Å². The Morgan fingerprint density at radius 3 is 2.35 bits per heavy atom. The van der Waals surface area contributed by atoms with Gasteiger partial charge in [-0.1, -0.05) is 39.4 Å². The van der Waals surface area contributed by atoms with Gasteiger partial charge >= 0.3 is 0 Å². The van der Waals surface area contributed by atoms with Crippen LogP contribution in [-0.4, -0.2) is 16.9 Å². The summed E-state index contributed by atoms with van der Waals surface area (Å²) in [5.41, 5.74) is 5.12. The lowest BCUT2D eigenvalue weighted by molar-refractivity contribution is -0.128. The summed E-state index contributed by atoms with van der Waals surface area (Å²) in [7, 11) is 0. The molecule has 0 aromatic carbocycles. The molecular weight excluding hydrogens is 232 g/mol. The normalized spacial score (nSPS) is 24.6. The average molecular weight is 256 g/mol. The third-order valence-corrected chi connectivity index (χ3v) is 4.68. The molecule has 98 valence electrons. The van der Waals surface area contributed by atoms with Gasteiger partial charge in [0.05, 0.1) is 10.4 Å². The van der Waals surface area contributed by atoms with Gasteiger partial charge in [-0.25, -0.2) is 0 Å². The van der Waals surface area contributed by atoms with Gasteiger partial charge in [0.15, 0.2) is 0 Å². The topological polar surface area (TPSA) is 55.1 Å². The molecule has 0 bridgehead atoms. The van der Waals surface area contributed by atoms with E-state index in [4.69, 9.17) is 18.0 Å². The molecule has 2 atom stereocenters. The van der Waals surface area contributed by atoms with E-state index in [1.165, 1.54) is 12.8 Å². The van der Waals surface area contributed by atoms with Crippen LogP contribution < -0.4 is 11.1 Å². The van der Waals surface area contributed by atoms with Crippen molar-refractivity contribution in [3.05, 3.63) is 0 Å². The minimum atomic E-state index is -0.655. The molecule has 0 saturated heterocycles. The van der Waals surface area contributed by atoms with Crippen LogP contribution in [0.2, 0.25) is 0 Å². The molecule has 3 nitrogen and oxygen atoms in total.